The third kappa shape index (κ3) is 2.09. The predicted octanol–water partition coefficient (Wildman–Crippen LogP) is 1.89. The van der Waals surface area contributed by atoms with E-state index in [9.17, 15) is 4.39 Å². The zero-order valence-electron chi connectivity index (χ0n) is 9.90. The van der Waals surface area contributed by atoms with Gasteiger partial charge in [0, 0.05) is 31.7 Å². The molecule has 1 aliphatic rings. The van der Waals surface area contributed by atoms with Crippen LogP contribution in [0.3, 0.4) is 0 Å². The summed E-state index contributed by atoms with van der Waals surface area (Å²) in [5.74, 6) is -0.191. The highest BCUT2D eigenvalue weighted by Crippen LogP contribution is 2.26. The summed E-state index contributed by atoms with van der Waals surface area (Å²) in [5, 5.41) is 3.25. The molecule has 0 unspecified atom stereocenters. The van der Waals surface area contributed by atoms with E-state index in [0.717, 1.165) is 37.4 Å². The first-order chi connectivity index (χ1) is 8.84. The first kappa shape index (κ1) is 11.2. The molecule has 1 aromatic heterocycles. The minimum atomic E-state index is -0.191. The quantitative estimate of drug-likeness (QED) is 0.880. The molecule has 0 bridgehead atoms. The number of piperazine rings is 1. The Morgan fingerprint density at radius 3 is 2.83 bits per heavy atom. The number of hydrogen-bond acceptors (Lipinski definition) is 4. The van der Waals surface area contributed by atoms with Crippen LogP contribution in [0.4, 0.5) is 10.1 Å². The van der Waals surface area contributed by atoms with Gasteiger partial charge in [0.05, 0.1) is 5.69 Å². The third-order valence-corrected chi connectivity index (χ3v) is 3.13. The molecule has 1 aliphatic heterocycles. The number of aromatic nitrogens is 1. The van der Waals surface area contributed by atoms with Gasteiger partial charge in [-0.1, -0.05) is 0 Å². The number of hydrogen-bond donors (Lipinski definition) is 1. The highest BCUT2D eigenvalue weighted by atomic mass is 19.1. The summed E-state index contributed by atoms with van der Waals surface area (Å²) in [7, 11) is 0. The average Bonchev–Trinajstić information content (AvgIpc) is 2.94. The number of rotatable bonds is 2. The van der Waals surface area contributed by atoms with E-state index < -0.39 is 0 Å². The SMILES string of the molecule is Fc1ccc(-c2cocn2)cc1N1CCNCC1. The monoisotopic (exact) mass is 247 g/mol. The number of benzene rings is 1. The fourth-order valence-corrected chi connectivity index (χ4v) is 2.18. The summed E-state index contributed by atoms with van der Waals surface area (Å²) < 4.78 is 18.8. The van der Waals surface area contributed by atoms with Crippen LogP contribution in [-0.2, 0) is 0 Å². The highest BCUT2D eigenvalue weighted by Gasteiger charge is 2.15. The van der Waals surface area contributed by atoms with Gasteiger partial charge in [0.25, 0.3) is 0 Å². The molecule has 1 saturated heterocycles. The van der Waals surface area contributed by atoms with Gasteiger partial charge in [-0.2, -0.15) is 0 Å². The number of nitrogens with zero attached hydrogens (tertiary/aromatic N) is 2. The van der Waals surface area contributed by atoms with E-state index in [4.69, 9.17) is 4.42 Å². The van der Waals surface area contributed by atoms with Crippen molar-refractivity contribution in [2.24, 2.45) is 0 Å². The van der Waals surface area contributed by atoms with Crippen LogP contribution in [0.15, 0.2) is 35.3 Å². The second kappa shape index (κ2) is 4.78. The molecule has 2 aromatic rings. The third-order valence-electron chi connectivity index (χ3n) is 3.13. The van der Waals surface area contributed by atoms with Gasteiger partial charge in [-0.25, -0.2) is 9.37 Å². The molecule has 1 N–H and O–H groups in total. The van der Waals surface area contributed by atoms with Crippen molar-refractivity contribution in [3.05, 3.63) is 36.7 Å². The average molecular weight is 247 g/mol. The Kier molecular flexibility index (Phi) is 2.98. The maximum absolute atomic E-state index is 13.9. The minimum absolute atomic E-state index is 0.191. The summed E-state index contributed by atoms with van der Waals surface area (Å²) in [6, 6.07) is 5.04. The van der Waals surface area contributed by atoms with Crippen molar-refractivity contribution in [3.63, 3.8) is 0 Å². The zero-order chi connectivity index (χ0) is 12.4. The first-order valence-electron chi connectivity index (χ1n) is 5.98. The molecule has 0 atom stereocenters. The fraction of sp³-hybridized carbons (Fsp3) is 0.308. The van der Waals surface area contributed by atoms with Crippen molar-refractivity contribution < 1.29 is 8.81 Å². The van der Waals surface area contributed by atoms with Gasteiger partial charge < -0.3 is 14.6 Å². The second-order valence-electron chi connectivity index (χ2n) is 4.28. The molecule has 1 aromatic carbocycles. The van der Waals surface area contributed by atoms with Gasteiger partial charge in [0.1, 0.15) is 17.8 Å². The number of oxazole rings is 1. The standard InChI is InChI=1S/C13H14FN3O/c14-11-2-1-10(12-8-18-9-16-12)7-13(11)17-5-3-15-4-6-17/h1-2,7-9,15H,3-6H2. The van der Waals surface area contributed by atoms with E-state index in [-0.39, 0.29) is 5.82 Å². The molecule has 2 heterocycles. The van der Waals surface area contributed by atoms with E-state index >= 15 is 0 Å². The molecular formula is C13H14FN3O. The molecule has 0 amide bonds. The van der Waals surface area contributed by atoms with Crippen molar-refractivity contribution in [2.75, 3.05) is 31.1 Å². The second-order valence-corrected chi connectivity index (χ2v) is 4.28. The van der Waals surface area contributed by atoms with Crippen molar-refractivity contribution in [1.29, 1.82) is 0 Å². The van der Waals surface area contributed by atoms with Gasteiger partial charge in [0.2, 0.25) is 0 Å². The molecule has 3 rings (SSSR count). The smallest absolute Gasteiger partial charge is 0.181 e. The normalized spacial score (nSPS) is 15.9. The lowest BCUT2D eigenvalue weighted by molar-refractivity contribution is 0.558. The minimum Gasteiger partial charge on any atom is -0.451 e. The molecule has 1 fully saturated rings. The lowest BCUT2D eigenvalue weighted by Crippen LogP contribution is -2.43. The van der Waals surface area contributed by atoms with E-state index in [1.54, 1.807) is 12.3 Å². The highest BCUT2D eigenvalue weighted by molar-refractivity contribution is 5.65. The number of halogens is 1. The van der Waals surface area contributed by atoms with E-state index in [2.05, 4.69) is 15.2 Å². The van der Waals surface area contributed by atoms with Gasteiger partial charge in [-0.3, -0.25) is 0 Å². The molecule has 5 heteroatoms. The summed E-state index contributed by atoms with van der Waals surface area (Å²) in [4.78, 5) is 6.13. The topological polar surface area (TPSA) is 41.3 Å². The molecule has 18 heavy (non-hydrogen) atoms. The van der Waals surface area contributed by atoms with E-state index in [1.807, 2.05) is 6.07 Å². The van der Waals surface area contributed by atoms with Crippen LogP contribution in [0.5, 0.6) is 0 Å². The van der Waals surface area contributed by atoms with Crippen LogP contribution in [0.25, 0.3) is 11.3 Å². The molecule has 4 nitrogen and oxygen atoms in total. The maximum atomic E-state index is 13.9. The molecule has 0 spiro atoms. The zero-order valence-corrected chi connectivity index (χ0v) is 9.90. The van der Waals surface area contributed by atoms with Crippen molar-refractivity contribution in [1.82, 2.24) is 10.3 Å². The van der Waals surface area contributed by atoms with E-state index in [1.165, 1.54) is 12.5 Å². The molecule has 0 aliphatic carbocycles. The summed E-state index contributed by atoms with van der Waals surface area (Å²) in [6.45, 7) is 3.40. The van der Waals surface area contributed by atoms with Crippen molar-refractivity contribution >= 4 is 5.69 Å². The Bertz CT molecular complexity index is 521. The Hall–Kier alpha value is -1.88. The Morgan fingerprint density at radius 1 is 1.28 bits per heavy atom. The van der Waals surface area contributed by atoms with Crippen molar-refractivity contribution in [3.8, 4) is 11.3 Å². The maximum Gasteiger partial charge on any atom is 0.181 e. The van der Waals surface area contributed by atoms with Crippen molar-refractivity contribution in [2.45, 2.75) is 0 Å². The molecule has 0 radical (unpaired) electrons. The van der Waals surface area contributed by atoms with Gasteiger partial charge in [0.15, 0.2) is 6.39 Å². The lowest BCUT2D eigenvalue weighted by Gasteiger charge is -2.29. The van der Waals surface area contributed by atoms with Crippen LogP contribution in [0.2, 0.25) is 0 Å². The number of nitrogens with one attached hydrogen (secondary N) is 1. The fourth-order valence-electron chi connectivity index (χ4n) is 2.18. The lowest BCUT2D eigenvalue weighted by atomic mass is 10.1. The number of anilines is 1. The Labute approximate surface area is 104 Å². The van der Waals surface area contributed by atoms with E-state index in [0.29, 0.717) is 5.69 Å². The Balaban J connectivity index is 1.95. The molecule has 94 valence electrons. The summed E-state index contributed by atoms with van der Waals surface area (Å²) >= 11 is 0. The van der Waals surface area contributed by atoms with Gasteiger partial charge in [-0.05, 0) is 18.2 Å². The largest absolute Gasteiger partial charge is 0.451 e. The van der Waals surface area contributed by atoms with Crippen LogP contribution in [-0.4, -0.2) is 31.2 Å². The predicted molar refractivity (Wildman–Crippen MR) is 67.0 cm³/mol. The van der Waals surface area contributed by atoms with Crippen LogP contribution in [0, 0.1) is 5.82 Å². The van der Waals surface area contributed by atoms with Crippen LogP contribution >= 0.6 is 0 Å². The first-order valence-corrected chi connectivity index (χ1v) is 5.98. The molecular weight excluding hydrogens is 233 g/mol. The van der Waals surface area contributed by atoms with Crippen LogP contribution < -0.4 is 10.2 Å². The Morgan fingerprint density at radius 2 is 2.11 bits per heavy atom. The summed E-state index contributed by atoms with van der Waals surface area (Å²) in [6.07, 6.45) is 2.94. The molecule has 0 saturated carbocycles. The van der Waals surface area contributed by atoms with Crippen LogP contribution in [0.1, 0.15) is 0 Å². The van der Waals surface area contributed by atoms with Gasteiger partial charge in [-0.15, -0.1) is 0 Å². The van der Waals surface area contributed by atoms with Gasteiger partial charge >= 0.3 is 0 Å². The summed E-state index contributed by atoms with van der Waals surface area (Å²) in [5.41, 5.74) is 2.24.